The van der Waals surface area contributed by atoms with Crippen LogP contribution in [-0.2, 0) is 19.6 Å². The van der Waals surface area contributed by atoms with Crippen LogP contribution in [0.2, 0.25) is 0 Å². The summed E-state index contributed by atoms with van der Waals surface area (Å²) in [5.41, 5.74) is 0.577. The smallest absolute Gasteiger partial charge is 0.338 e. The molecular formula is C24H30N4O7S. The molecule has 194 valence electrons. The first kappa shape index (κ1) is 27.1. The Bertz CT molecular complexity index is 1210. The molecule has 1 saturated heterocycles. The number of nitro groups is 1. The van der Waals surface area contributed by atoms with Gasteiger partial charge in [0.1, 0.15) is 5.69 Å². The molecule has 11 nitrogen and oxygen atoms in total. The molecule has 1 amide bonds. The molecule has 2 aromatic carbocycles. The SMILES string of the molecule is CCN(CC)S(=O)(=O)c1ccc(NC(=O)COC(=O)c2ccc(N3CCCCC3)c([N+](=O)[O-])c2)cc1. The van der Waals surface area contributed by atoms with Gasteiger partial charge < -0.3 is 15.0 Å². The molecule has 0 saturated carbocycles. The molecule has 0 bridgehead atoms. The van der Waals surface area contributed by atoms with E-state index in [1.54, 1.807) is 13.8 Å². The molecule has 36 heavy (non-hydrogen) atoms. The summed E-state index contributed by atoms with van der Waals surface area (Å²) in [5.74, 6) is -1.50. The highest BCUT2D eigenvalue weighted by atomic mass is 32.2. The van der Waals surface area contributed by atoms with E-state index in [9.17, 15) is 28.1 Å². The number of piperidine rings is 1. The average molecular weight is 519 g/mol. The molecule has 1 aliphatic heterocycles. The average Bonchev–Trinajstić information content (AvgIpc) is 2.88. The van der Waals surface area contributed by atoms with Gasteiger partial charge in [-0.25, -0.2) is 13.2 Å². The fourth-order valence-electron chi connectivity index (χ4n) is 4.03. The molecule has 3 rings (SSSR count). The molecule has 1 aliphatic rings. The number of sulfonamides is 1. The van der Waals surface area contributed by atoms with Crippen LogP contribution < -0.4 is 10.2 Å². The summed E-state index contributed by atoms with van der Waals surface area (Å²) in [6.45, 7) is 5.00. The second-order valence-electron chi connectivity index (χ2n) is 8.25. The van der Waals surface area contributed by atoms with Crippen LogP contribution in [0.1, 0.15) is 43.5 Å². The van der Waals surface area contributed by atoms with Gasteiger partial charge in [-0.15, -0.1) is 0 Å². The highest BCUT2D eigenvalue weighted by molar-refractivity contribution is 7.89. The van der Waals surface area contributed by atoms with Crippen molar-refractivity contribution in [1.82, 2.24) is 4.31 Å². The molecule has 1 heterocycles. The molecule has 1 fully saturated rings. The second kappa shape index (κ2) is 12.0. The Kier molecular flexibility index (Phi) is 8.99. The minimum Gasteiger partial charge on any atom is -0.452 e. The Morgan fingerprint density at radius 1 is 1.06 bits per heavy atom. The minimum absolute atomic E-state index is 0.0266. The van der Waals surface area contributed by atoms with Crippen molar-refractivity contribution in [2.24, 2.45) is 0 Å². The number of esters is 1. The molecule has 0 aliphatic carbocycles. The number of nitro benzene ring substituents is 1. The lowest BCUT2D eigenvalue weighted by Crippen LogP contribution is -2.30. The summed E-state index contributed by atoms with van der Waals surface area (Å²) in [4.78, 5) is 37.8. The molecular weight excluding hydrogens is 488 g/mol. The van der Waals surface area contributed by atoms with Crippen molar-refractivity contribution < 1.29 is 27.7 Å². The van der Waals surface area contributed by atoms with E-state index in [1.165, 1.54) is 46.8 Å². The van der Waals surface area contributed by atoms with Gasteiger partial charge in [0.05, 0.1) is 15.4 Å². The first-order valence-corrected chi connectivity index (χ1v) is 13.2. The molecule has 12 heteroatoms. The van der Waals surface area contributed by atoms with Crippen molar-refractivity contribution in [3.63, 3.8) is 0 Å². The van der Waals surface area contributed by atoms with Crippen LogP contribution in [0, 0.1) is 10.1 Å². The van der Waals surface area contributed by atoms with Gasteiger partial charge in [-0.2, -0.15) is 4.31 Å². The topological polar surface area (TPSA) is 139 Å². The van der Waals surface area contributed by atoms with E-state index in [-0.39, 0.29) is 16.1 Å². The highest BCUT2D eigenvalue weighted by Crippen LogP contribution is 2.31. The minimum atomic E-state index is -3.62. The largest absolute Gasteiger partial charge is 0.452 e. The summed E-state index contributed by atoms with van der Waals surface area (Å²) in [7, 11) is -3.62. The number of carbonyl (C=O) groups is 2. The van der Waals surface area contributed by atoms with Crippen LogP contribution in [0.15, 0.2) is 47.4 Å². The van der Waals surface area contributed by atoms with Crippen molar-refractivity contribution in [2.75, 3.05) is 43.0 Å². The van der Waals surface area contributed by atoms with Crippen LogP contribution in [0.5, 0.6) is 0 Å². The number of hydrogen-bond acceptors (Lipinski definition) is 8. The first-order valence-electron chi connectivity index (χ1n) is 11.8. The van der Waals surface area contributed by atoms with Crippen molar-refractivity contribution >= 4 is 39.0 Å². The normalized spacial score (nSPS) is 13.9. The van der Waals surface area contributed by atoms with E-state index >= 15 is 0 Å². The maximum absolute atomic E-state index is 12.6. The van der Waals surface area contributed by atoms with E-state index < -0.39 is 33.4 Å². The van der Waals surface area contributed by atoms with Crippen molar-refractivity contribution in [3.05, 3.63) is 58.1 Å². The fraction of sp³-hybridized carbons (Fsp3) is 0.417. The van der Waals surface area contributed by atoms with Crippen molar-refractivity contribution in [2.45, 2.75) is 38.0 Å². The van der Waals surface area contributed by atoms with Crippen LogP contribution in [0.3, 0.4) is 0 Å². The van der Waals surface area contributed by atoms with E-state index in [0.717, 1.165) is 19.3 Å². The number of nitrogens with one attached hydrogen (secondary N) is 1. The maximum Gasteiger partial charge on any atom is 0.338 e. The Morgan fingerprint density at radius 2 is 1.69 bits per heavy atom. The molecule has 0 unspecified atom stereocenters. The number of anilines is 2. The lowest BCUT2D eigenvalue weighted by atomic mass is 10.1. The third-order valence-corrected chi connectivity index (χ3v) is 7.98. The molecule has 0 radical (unpaired) electrons. The van der Waals surface area contributed by atoms with Gasteiger partial charge in [0.2, 0.25) is 10.0 Å². The van der Waals surface area contributed by atoms with Gasteiger partial charge in [0.15, 0.2) is 6.61 Å². The standard InChI is InChI=1S/C24H30N4O7S/c1-3-27(4-2)36(33,34)20-11-9-19(10-12-20)25-23(29)17-35-24(30)18-8-13-21(22(16-18)28(31)32)26-14-6-5-7-15-26/h8-13,16H,3-7,14-15,17H2,1-2H3,(H,25,29). The lowest BCUT2D eigenvalue weighted by molar-refractivity contribution is -0.384. The summed E-state index contributed by atoms with van der Waals surface area (Å²) in [6.07, 6.45) is 2.98. The number of amides is 1. The molecule has 1 N–H and O–H groups in total. The molecule has 2 aromatic rings. The third-order valence-electron chi connectivity index (χ3n) is 5.92. The Hall–Kier alpha value is -3.51. The van der Waals surface area contributed by atoms with Gasteiger partial charge in [-0.1, -0.05) is 13.8 Å². The highest BCUT2D eigenvalue weighted by Gasteiger charge is 2.24. The van der Waals surface area contributed by atoms with Gasteiger partial charge in [-0.3, -0.25) is 14.9 Å². The monoisotopic (exact) mass is 518 g/mol. The first-order chi connectivity index (χ1) is 17.2. The van der Waals surface area contributed by atoms with Crippen LogP contribution in [0.25, 0.3) is 0 Å². The fourth-order valence-corrected chi connectivity index (χ4v) is 5.49. The molecule has 0 atom stereocenters. The Morgan fingerprint density at radius 3 is 2.28 bits per heavy atom. The summed E-state index contributed by atoms with van der Waals surface area (Å²) >= 11 is 0. The molecule has 0 aromatic heterocycles. The lowest BCUT2D eigenvalue weighted by Gasteiger charge is -2.28. The van der Waals surface area contributed by atoms with Crippen molar-refractivity contribution in [3.8, 4) is 0 Å². The van der Waals surface area contributed by atoms with E-state index in [2.05, 4.69) is 5.32 Å². The second-order valence-corrected chi connectivity index (χ2v) is 10.2. The maximum atomic E-state index is 12.6. The van der Waals surface area contributed by atoms with Gasteiger partial charge in [0.25, 0.3) is 11.6 Å². The van der Waals surface area contributed by atoms with Gasteiger partial charge >= 0.3 is 5.97 Å². The quantitative estimate of drug-likeness (QED) is 0.287. The zero-order chi connectivity index (χ0) is 26.3. The van der Waals surface area contributed by atoms with Crippen molar-refractivity contribution in [1.29, 1.82) is 0 Å². The predicted molar refractivity (Wildman–Crippen MR) is 135 cm³/mol. The van der Waals surface area contributed by atoms with Gasteiger partial charge in [0, 0.05) is 37.9 Å². The van der Waals surface area contributed by atoms with E-state index in [4.69, 9.17) is 4.74 Å². The van der Waals surface area contributed by atoms with E-state index in [0.29, 0.717) is 37.6 Å². The van der Waals surface area contributed by atoms with Crippen LogP contribution >= 0.6 is 0 Å². The van der Waals surface area contributed by atoms with Crippen LogP contribution in [0.4, 0.5) is 17.1 Å². The summed E-state index contributed by atoms with van der Waals surface area (Å²) in [6, 6.07) is 9.81. The zero-order valence-corrected chi connectivity index (χ0v) is 21.1. The summed E-state index contributed by atoms with van der Waals surface area (Å²) in [5, 5.41) is 14.1. The number of benzene rings is 2. The molecule has 0 spiro atoms. The third kappa shape index (κ3) is 6.38. The number of ether oxygens (including phenoxy) is 1. The number of nitrogens with zero attached hydrogens (tertiary/aromatic N) is 3. The van der Waals surface area contributed by atoms with E-state index in [1.807, 2.05) is 4.90 Å². The summed E-state index contributed by atoms with van der Waals surface area (Å²) < 4.78 is 31.5. The Labute approximate surface area is 210 Å². The van der Waals surface area contributed by atoms with Crippen LogP contribution in [-0.4, -0.2) is 62.3 Å². The predicted octanol–water partition coefficient (Wildman–Crippen LogP) is 3.41. The van der Waals surface area contributed by atoms with Gasteiger partial charge in [-0.05, 0) is 55.7 Å². The zero-order valence-electron chi connectivity index (χ0n) is 20.3. The Balaban J connectivity index is 1.60. The number of hydrogen-bond donors (Lipinski definition) is 1. The number of rotatable bonds is 10. The number of carbonyl (C=O) groups excluding carboxylic acids is 2.